The molecule has 94 valence electrons. The second-order valence-corrected chi connectivity index (χ2v) is 4.82. The number of nitrogens with two attached hydrogens (primary N) is 1. The van der Waals surface area contributed by atoms with Crippen molar-refractivity contribution in [2.75, 3.05) is 17.6 Å². The minimum atomic E-state index is 0.448. The normalized spacial score (nSPS) is 10.3. The first-order chi connectivity index (χ1) is 8.68. The van der Waals surface area contributed by atoms with Gasteiger partial charge in [-0.2, -0.15) is 0 Å². The van der Waals surface area contributed by atoms with Gasteiger partial charge in [0.25, 0.3) is 0 Å². The molecule has 3 N–H and O–H groups in total. The molecule has 0 spiro atoms. The fourth-order valence-corrected chi connectivity index (χ4v) is 2.06. The number of aromatic nitrogens is 2. The molecule has 0 amide bonds. The van der Waals surface area contributed by atoms with E-state index < -0.39 is 0 Å². The Morgan fingerprint density at radius 2 is 2.06 bits per heavy atom. The van der Waals surface area contributed by atoms with Gasteiger partial charge in [0.2, 0.25) is 0 Å². The minimum Gasteiger partial charge on any atom is -0.383 e. The molecular formula is C13H15BrN4. The summed E-state index contributed by atoms with van der Waals surface area (Å²) in [6.07, 6.45) is 2.40. The highest BCUT2D eigenvalue weighted by atomic mass is 79.9. The maximum atomic E-state index is 5.69. The number of hydrogen-bond donors (Lipinski definition) is 2. The molecular weight excluding hydrogens is 292 g/mol. The predicted molar refractivity (Wildman–Crippen MR) is 77.5 cm³/mol. The Bertz CT molecular complexity index is 542. The van der Waals surface area contributed by atoms with E-state index in [9.17, 15) is 0 Å². The quantitative estimate of drug-likeness (QED) is 0.911. The Labute approximate surface area is 115 Å². The molecule has 2 aromatic rings. The van der Waals surface area contributed by atoms with Gasteiger partial charge in [0.1, 0.15) is 22.4 Å². The van der Waals surface area contributed by atoms with Gasteiger partial charge in [-0.3, -0.25) is 0 Å². The molecule has 0 saturated carbocycles. The lowest BCUT2D eigenvalue weighted by Gasteiger charge is -2.09. The Morgan fingerprint density at radius 3 is 2.83 bits per heavy atom. The van der Waals surface area contributed by atoms with Gasteiger partial charge < -0.3 is 11.1 Å². The van der Waals surface area contributed by atoms with E-state index in [1.165, 1.54) is 17.5 Å². The number of hydrogen-bond acceptors (Lipinski definition) is 4. The van der Waals surface area contributed by atoms with Crippen LogP contribution in [0.1, 0.15) is 11.1 Å². The van der Waals surface area contributed by atoms with Crippen molar-refractivity contribution in [3.8, 4) is 0 Å². The standard InChI is InChI=1S/C13H15BrN4/c1-9-4-2-3-5-10(9)6-7-16-13-11(14)12(15)17-8-18-13/h2-5,8H,6-7H2,1H3,(H3,15,16,17,18). The molecule has 1 aromatic heterocycles. The average Bonchev–Trinajstić information content (AvgIpc) is 2.37. The molecule has 0 atom stereocenters. The van der Waals surface area contributed by atoms with Crippen LogP contribution in [0.25, 0.3) is 0 Å². The van der Waals surface area contributed by atoms with E-state index in [0.29, 0.717) is 5.82 Å². The lowest BCUT2D eigenvalue weighted by Crippen LogP contribution is -2.09. The molecule has 2 rings (SSSR count). The summed E-state index contributed by atoms with van der Waals surface area (Å²) < 4.78 is 0.717. The van der Waals surface area contributed by atoms with Crippen molar-refractivity contribution in [1.82, 2.24) is 9.97 Å². The summed E-state index contributed by atoms with van der Waals surface area (Å²) in [7, 11) is 0. The van der Waals surface area contributed by atoms with Crippen molar-refractivity contribution in [2.24, 2.45) is 0 Å². The third-order valence-electron chi connectivity index (χ3n) is 2.76. The number of nitrogens with zero attached hydrogens (tertiary/aromatic N) is 2. The van der Waals surface area contributed by atoms with Crippen LogP contribution < -0.4 is 11.1 Å². The van der Waals surface area contributed by atoms with Crippen LogP contribution in [0, 0.1) is 6.92 Å². The predicted octanol–water partition coefficient (Wildman–Crippen LogP) is 2.78. The lowest BCUT2D eigenvalue weighted by molar-refractivity contribution is 0.986. The Kier molecular flexibility index (Phi) is 4.15. The topological polar surface area (TPSA) is 63.8 Å². The summed E-state index contributed by atoms with van der Waals surface area (Å²) in [6.45, 7) is 2.92. The molecule has 18 heavy (non-hydrogen) atoms. The fourth-order valence-electron chi connectivity index (χ4n) is 1.71. The van der Waals surface area contributed by atoms with Gasteiger partial charge in [-0.15, -0.1) is 0 Å². The summed E-state index contributed by atoms with van der Waals surface area (Å²) in [6, 6.07) is 8.36. The summed E-state index contributed by atoms with van der Waals surface area (Å²) in [4.78, 5) is 8.04. The van der Waals surface area contributed by atoms with Crippen LogP contribution in [-0.4, -0.2) is 16.5 Å². The van der Waals surface area contributed by atoms with Crippen LogP contribution in [0.15, 0.2) is 35.1 Å². The van der Waals surface area contributed by atoms with E-state index in [0.717, 1.165) is 23.3 Å². The van der Waals surface area contributed by atoms with Crippen LogP contribution in [0.2, 0.25) is 0 Å². The lowest BCUT2D eigenvalue weighted by atomic mass is 10.1. The smallest absolute Gasteiger partial charge is 0.145 e. The number of rotatable bonds is 4. The number of aryl methyl sites for hydroxylation is 1. The molecule has 0 radical (unpaired) electrons. The maximum absolute atomic E-state index is 5.69. The molecule has 4 nitrogen and oxygen atoms in total. The number of benzene rings is 1. The average molecular weight is 307 g/mol. The number of anilines is 2. The summed E-state index contributed by atoms with van der Waals surface area (Å²) in [5.41, 5.74) is 8.33. The van der Waals surface area contributed by atoms with E-state index >= 15 is 0 Å². The van der Waals surface area contributed by atoms with Crippen LogP contribution >= 0.6 is 15.9 Å². The van der Waals surface area contributed by atoms with Crippen molar-refractivity contribution >= 4 is 27.6 Å². The second kappa shape index (κ2) is 5.82. The largest absolute Gasteiger partial charge is 0.383 e. The fraction of sp³-hybridized carbons (Fsp3) is 0.231. The van der Waals surface area contributed by atoms with Crippen molar-refractivity contribution in [3.05, 3.63) is 46.2 Å². The third-order valence-corrected chi connectivity index (χ3v) is 3.55. The number of nitrogens with one attached hydrogen (secondary N) is 1. The van der Waals surface area contributed by atoms with Gasteiger partial charge in [-0.25, -0.2) is 9.97 Å². The van der Waals surface area contributed by atoms with Gasteiger partial charge >= 0.3 is 0 Å². The molecule has 1 heterocycles. The Hall–Kier alpha value is -1.62. The van der Waals surface area contributed by atoms with Gasteiger partial charge in [0, 0.05) is 6.54 Å². The maximum Gasteiger partial charge on any atom is 0.145 e. The van der Waals surface area contributed by atoms with Gasteiger partial charge in [0.15, 0.2) is 0 Å². The van der Waals surface area contributed by atoms with E-state index in [1.807, 2.05) is 6.07 Å². The highest BCUT2D eigenvalue weighted by molar-refractivity contribution is 9.10. The molecule has 0 saturated heterocycles. The Balaban J connectivity index is 1.97. The van der Waals surface area contributed by atoms with Gasteiger partial charge in [-0.05, 0) is 40.4 Å². The highest BCUT2D eigenvalue weighted by Gasteiger charge is 2.05. The van der Waals surface area contributed by atoms with E-state index in [2.05, 4.69) is 56.3 Å². The molecule has 0 unspecified atom stereocenters. The summed E-state index contributed by atoms with van der Waals surface area (Å²) >= 11 is 3.37. The molecule has 0 aliphatic rings. The zero-order valence-electron chi connectivity index (χ0n) is 10.2. The van der Waals surface area contributed by atoms with Crippen molar-refractivity contribution in [2.45, 2.75) is 13.3 Å². The molecule has 0 fully saturated rings. The minimum absolute atomic E-state index is 0.448. The van der Waals surface area contributed by atoms with Crippen molar-refractivity contribution < 1.29 is 0 Å². The SMILES string of the molecule is Cc1ccccc1CCNc1ncnc(N)c1Br. The van der Waals surface area contributed by atoms with E-state index in [1.54, 1.807) is 0 Å². The van der Waals surface area contributed by atoms with Crippen molar-refractivity contribution in [1.29, 1.82) is 0 Å². The molecule has 5 heteroatoms. The van der Waals surface area contributed by atoms with Crippen LogP contribution in [-0.2, 0) is 6.42 Å². The highest BCUT2D eigenvalue weighted by Crippen LogP contribution is 2.23. The monoisotopic (exact) mass is 306 g/mol. The molecule has 0 aliphatic carbocycles. The molecule has 0 bridgehead atoms. The van der Waals surface area contributed by atoms with Crippen LogP contribution in [0.3, 0.4) is 0 Å². The van der Waals surface area contributed by atoms with E-state index in [4.69, 9.17) is 5.73 Å². The van der Waals surface area contributed by atoms with Crippen LogP contribution in [0.4, 0.5) is 11.6 Å². The van der Waals surface area contributed by atoms with Gasteiger partial charge in [-0.1, -0.05) is 24.3 Å². The van der Waals surface area contributed by atoms with Crippen molar-refractivity contribution in [3.63, 3.8) is 0 Å². The van der Waals surface area contributed by atoms with Gasteiger partial charge in [0.05, 0.1) is 0 Å². The molecule has 1 aromatic carbocycles. The van der Waals surface area contributed by atoms with Crippen LogP contribution in [0.5, 0.6) is 0 Å². The first-order valence-corrected chi connectivity index (χ1v) is 6.52. The first kappa shape index (κ1) is 12.8. The zero-order valence-corrected chi connectivity index (χ0v) is 11.7. The second-order valence-electron chi connectivity index (χ2n) is 4.02. The number of nitrogen functional groups attached to an aromatic ring is 1. The first-order valence-electron chi connectivity index (χ1n) is 5.73. The third kappa shape index (κ3) is 2.98. The summed E-state index contributed by atoms with van der Waals surface area (Å²) in [5, 5.41) is 3.25. The zero-order chi connectivity index (χ0) is 13.0. The Morgan fingerprint density at radius 1 is 1.28 bits per heavy atom. The molecule has 0 aliphatic heterocycles. The number of halogens is 1. The van der Waals surface area contributed by atoms with E-state index in [-0.39, 0.29) is 0 Å². The summed E-state index contributed by atoms with van der Waals surface area (Å²) in [5.74, 6) is 1.18.